The Balaban J connectivity index is 2.10. The van der Waals surface area contributed by atoms with E-state index in [0.29, 0.717) is 6.54 Å². The van der Waals surface area contributed by atoms with Crippen LogP contribution in [-0.4, -0.2) is 27.3 Å². The van der Waals surface area contributed by atoms with Gasteiger partial charge in [-0.1, -0.05) is 43.1 Å². The molecule has 0 aliphatic carbocycles. The highest BCUT2D eigenvalue weighted by Gasteiger charge is 2.11. The van der Waals surface area contributed by atoms with Gasteiger partial charge in [-0.2, -0.15) is 0 Å². The molecule has 1 aromatic heterocycles. The predicted molar refractivity (Wildman–Crippen MR) is 103 cm³/mol. The number of nitrogens with one attached hydrogen (secondary N) is 2. The molecule has 0 aliphatic heterocycles. The molecule has 1 aromatic carbocycles. The van der Waals surface area contributed by atoms with Crippen molar-refractivity contribution in [2.75, 3.05) is 6.54 Å². The summed E-state index contributed by atoms with van der Waals surface area (Å²) in [5.74, 6) is 2.46. The monoisotopic (exact) mass is 362 g/mol. The second-order valence-corrected chi connectivity index (χ2v) is 6.46. The summed E-state index contributed by atoms with van der Waals surface area (Å²) in [7, 11) is 1.95. The molecule has 2 rings (SSSR count). The second kappa shape index (κ2) is 9.42. The van der Waals surface area contributed by atoms with Crippen LogP contribution in [-0.2, 0) is 13.6 Å². The number of aromatic nitrogens is 3. The predicted octanol–water partition coefficient (Wildman–Crippen LogP) is 3.37. The van der Waals surface area contributed by atoms with E-state index in [9.17, 15) is 0 Å². The molecule has 6 nitrogen and oxygen atoms in total. The molecule has 0 fully saturated rings. The third-order valence-electron chi connectivity index (χ3n) is 4.11. The average Bonchev–Trinajstić information content (AvgIpc) is 2.92. The van der Waals surface area contributed by atoms with E-state index in [4.69, 9.17) is 11.6 Å². The molecule has 0 saturated heterocycles. The van der Waals surface area contributed by atoms with Gasteiger partial charge in [0.05, 0.1) is 6.04 Å². The second-order valence-electron chi connectivity index (χ2n) is 6.06. The summed E-state index contributed by atoms with van der Waals surface area (Å²) in [6.07, 6.45) is 2.22. The zero-order chi connectivity index (χ0) is 18.2. The molecule has 1 unspecified atom stereocenters. The highest BCUT2D eigenvalue weighted by Crippen LogP contribution is 2.21. The number of aryl methyl sites for hydroxylation is 1. The first-order chi connectivity index (χ1) is 12.0. The Morgan fingerprint density at radius 1 is 1.32 bits per heavy atom. The average molecular weight is 363 g/mol. The summed E-state index contributed by atoms with van der Waals surface area (Å²) < 4.78 is 1.95. The number of rotatable bonds is 7. The first-order valence-corrected chi connectivity index (χ1v) is 9.04. The fraction of sp³-hybridized carbons (Fsp3) is 0.500. The zero-order valence-corrected chi connectivity index (χ0v) is 16.1. The lowest BCUT2D eigenvalue weighted by Crippen LogP contribution is -2.39. The van der Waals surface area contributed by atoms with E-state index in [1.807, 2.05) is 42.8 Å². The number of unbranched alkanes of at least 4 members (excludes halogenated alkanes) is 1. The largest absolute Gasteiger partial charge is 0.356 e. The van der Waals surface area contributed by atoms with Crippen LogP contribution >= 0.6 is 11.6 Å². The topological polar surface area (TPSA) is 67.1 Å². The standard InChI is InChI=1S/C18H27ClN6/c1-5-6-11-20-18(21-12-17-24-23-14(3)25(17)4)22-13(2)15-9-7-8-10-16(15)19/h7-10,13H,5-6,11-12H2,1-4H3,(H2,20,21,22). The summed E-state index contributed by atoms with van der Waals surface area (Å²) >= 11 is 6.30. The molecule has 0 radical (unpaired) electrons. The maximum atomic E-state index is 6.30. The summed E-state index contributed by atoms with van der Waals surface area (Å²) in [6.45, 7) is 7.51. The molecule has 0 saturated carbocycles. The highest BCUT2D eigenvalue weighted by molar-refractivity contribution is 6.31. The highest BCUT2D eigenvalue weighted by atomic mass is 35.5. The first kappa shape index (κ1) is 19.2. The van der Waals surface area contributed by atoms with Crippen LogP contribution in [0.15, 0.2) is 29.3 Å². The van der Waals surface area contributed by atoms with E-state index in [2.05, 4.69) is 39.7 Å². The number of hydrogen-bond donors (Lipinski definition) is 2. The van der Waals surface area contributed by atoms with Crippen molar-refractivity contribution >= 4 is 17.6 Å². The normalized spacial score (nSPS) is 12.9. The minimum atomic E-state index is 0.0443. The van der Waals surface area contributed by atoms with E-state index in [0.717, 1.165) is 47.6 Å². The Bertz CT molecular complexity index is 709. The molecule has 136 valence electrons. The van der Waals surface area contributed by atoms with E-state index in [1.165, 1.54) is 0 Å². The molecule has 2 N–H and O–H groups in total. The van der Waals surface area contributed by atoms with Gasteiger partial charge in [0.15, 0.2) is 11.8 Å². The van der Waals surface area contributed by atoms with Crippen molar-refractivity contribution in [3.63, 3.8) is 0 Å². The fourth-order valence-corrected chi connectivity index (χ4v) is 2.68. The van der Waals surface area contributed by atoms with Crippen LogP contribution in [0.3, 0.4) is 0 Å². The minimum absolute atomic E-state index is 0.0443. The number of benzene rings is 1. The van der Waals surface area contributed by atoms with Gasteiger partial charge in [-0.25, -0.2) is 4.99 Å². The van der Waals surface area contributed by atoms with Crippen LogP contribution in [0, 0.1) is 6.92 Å². The Morgan fingerprint density at radius 3 is 2.72 bits per heavy atom. The quantitative estimate of drug-likeness (QED) is 0.450. The summed E-state index contributed by atoms with van der Waals surface area (Å²) in [5, 5.41) is 15.8. The lowest BCUT2D eigenvalue weighted by atomic mass is 10.1. The Kier molecular flexibility index (Phi) is 7.25. The maximum absolute atomic E-state index is 6.30. The van der Waals surface area contributed by atoms with Crippen LogP contribution in [0.25, 0.3) is 0 Å². The minimum Gasteiger partial charge on any atom is -0.356 e. The SMILES string of the molecule is CCCCNC(=NCc1nnc(C)n1C)NC(C)c1ccccc1Cl. The van der Waals surface area contributed by atoms with Crippen molar-refractivity contribution in [3.8, 4) is 0 Å². The number of nitrogens with zero attached hydrogens (tertiary/aromatic N) is 4. The maximum Gasteiger partial charge on any atom is 0.192 e. The lowest BCUT2D eigenvalue weighted by molar-refractivity contribution is 0.663. The molecule has 25 heavy (non-hydrogen) atoms. The summed E-state index contributed by atoms with van der Waals surface area (Å²) in [5.41, 5.74) is 1.05. The molecule has 0 aliphatic rings. The van der Waals surface area contributed by atoms with Gasteiger partial charge in [0, 0.05) is 18.6 Å². The van der Waals surface area contributed by atoms with Crippen molar-refractivity contribution in [2.24, 2.45) is 12.0 Å². The van der Waals surface area contributed by atoms with Gasteiger partial charge in [0.25, 0.3) is 0 Å². The van der Waals surface area contributed by atoms with E-state index >= 15 is 0 Å². The molecular weight excluding hydrogens is 336 g/mol. The van der Waals surface area contributed by atoms with Crippen LogP contribution in [0.4, 0.5) is 0 Å². The smallest absolute Gasteiger partial charge is 0.192 e. The Morgan fingerprint density at radius 2 is 2.08 bits per heavy atom. The van der Waals surface area contributed by atoms with Crippen molar-refractivity contribution in [1.29, 1.82) is 0 Å². The van der Waals surface area contributed by atoms with Crippen molar-refractivity contribution in [1.82, 2.24) is 25.4 Å². The third-order valence-corrected chi connectivity index (χ3v) is 4.45. The van der Waals surface area contributed by atoms with Gasteiger partial charge in [-0.05, 0) is 31.9 Å². The molecular formula is C18H27ClN6. The van der Waals surface area contributed by atoms with E-state index in [-0.39, 0.29) is 6.04 Å². The molecule has 0 amide bonds. The van der Waals surface area contributed by atoms with Gasteiger partial charge in [0.1, 0.15) is 12.4 Å². The van der Waals surface area contributed by atoms with E-state index in [1.54, 1.807) is 0 Å². The van der Waals surface area contributed by atoms with Crippen LogP contribution < -0.4 is 10.6 Å². The van der Waals surface area contributed by atoms with Crippen molar-refractivity contribution in [2.45, 2.75) is 46.2 Å². The number of aliphatic imine (C=N–C) groups is 1. The zero-order valence-electron chi connectivity index (χ0n) is 15.4. The molecule has 2 aromatic rings. The summed E-state index contributed by atoms with van der Waals surface area (Å²) in [4.78, 5) is 4.66. The Hall–Kier alpha value is -2.08. The summed E-state index contributed by atoms with van der Waals surface area (Å²) in [6, 6.07) is 7.89. The van der Waals surface area contributed by atoms with Crippen LogP contribution in [0.5, 0.6) is 0 Å². The molecule has 0 bridgehead atoms. The van der Waals surface area contributed by atoms with Gasteiger partial charge in [-0.15, -0.1) is 10.2 Å². The van der Waals surface area contributed by atoms with Gasteiger partial charge >= 0.3 is 0 Å². The molecule has 1 heterocycles. The van der Waals surface area contributed by atoms with E-state index < -0.39 is 0 Å². The van der Waals surface area contributed by atoms with Crippen LogP contribution in [0.1, 0.15) is 49.9 Å². The number of halogens is 1. The lowest BCUT2D eigenvalue weighted by Gasteiger charge is -2.19. The van der Waals surface area contributed by atoms with Gasteiger partial charge in [0.2, 0.25) is 0 Å². The van der Waals surface area contributed by atoms with Gasteiger partial charge < -0.3 is 15.2 Å². The first-order valence-electron chi connectivity index (χ1n) is 8.67. The molecule has 1 atom stereocenters. The van der Waals surface area contributed by atoms with Gasteiger partial charge in [-0.3, -0.25) is 0 Å². The third kappa shape index (κ3) is 5.46. The number of guanidine groups is 1. The Labute approximate surface area is 154 Å². The number of hydrogen-bond acceptors (Lipinski definition) is 3. The van der Waals surface area contributed by atoms with Crippen LogP contribution in [0.2, 0.25) is 5.02 Å². The molecule has 0 spiro atoms. The fourth-order valence-electron chi connectivity index (χ4n) is 2.38. The van der Waals surface area contributed by atoms with Crippen molar-refractivity contribution in [3.05, 3.63) is 46.5 Å². The van der Waals surface area contributed by atoms with Crippen molar-refractivity contribution < 1.29 is 0 Å². The molecule has 7 heteroatoms.